The van der Waals surface area contributed by atoms with E-state index in [1.54, 1.807) is 0 Å². The van der Waals surface area contributed by atoms with E-state index in [0.29, 0.717) is 37.7 Å². The molecule has 2 aromatic carbocycles. The van der Waals surface area contributed by atoms with Gasteiger partial charge in [0.05, 0.1) is 12.2 Å². The molecule has 6 nitrogen and oxygen atoms in total. The maximum atomic E-state index is 12.4. The summed E-state index contributed by atoms with van der Waals surface area (Å²) in [6, 6.07) is 17.4. The van der Waals surface area contributed by atoms with Crippen LogP contribution in [0.15, 0.2) is 59.1 Å². The zero-order valence-corrected chi connectivity index (χ0v) is 15.2. The van der Waals surface area contributed by atoms with Crippen LogP contribution in [-0.2, 0) is 11.3 Å². The third-order valence-electron chi connectivity index (χ3n) is 4.68. The SMILES string of the molecule is CCOc1ccccc1-c1noc(C2CCC(=O)N2Cc2ccccc2)n1. The Kier molecular flexibility index (Phi) is 4.87. The lowest BCUT2D eigenvalue weighted by Crippen LogP contribution is -2.27. The van der Waals surface area contributed by atoms with Gasteiger partial charge >= 0.3 is 0 Å². The fourth-order valence-corrected chi connectivity index (χ4v) is 3.38. The van der Waals surface area contributed by atoms with Crippen LogP contribution in [0.25, 0.3) is 11.4 Å². The molecule has 0 aliphatic carbocycles. The normalized spacial score (nSPS) is 16.7. The first-order chi connectivity index (χ1) is 13.3. The second-order valence-corrected chi connectivity index (χ2v) is 6.45. The first-order valence-electron chi connectivity index (χ1n) is 9.15. The molecule has 1 amide bonds. The number of aromatic nitrogens is 2. The van der Waals surface area contributed by atoms with Gasteiger partial charge in [0.25, 0.3) is 0 Å². The van der Waals surface area contributed by atoms with Gasteiger partial charge in [-0.1, -0.05) is 47.6 Å². The third kappa shape index (κ3) is 3.56. The number of ether oxygens (including phenoxy) is 1. The van der Waals surface area contributed by atoms with Crippen LogP contribution in [0.4, 0.5) is 0 Å². The highest BCUT2D eigenvalue weighted by Crippen LogP contribution is 2.35. The summed E-state index contributed by atoms with van der Waals surface area (Å²) in [7, 11) is 0. The number of carbonyl (C=O) groups excluding carboxylic acids is 1. The maximum absolute atomic E-state index is 12.4. The number of hydrogen-bond acceptors (Lipinski definition) is 5. The molecule has 6 heteroatoms. The van der Waals surface area contributed by atoms with Crippen molar-refractivity contribution in [2.24, 2.45) is 0 Å². The molecule has 1 saturated heterocycles. The molecular weight excluding hydrogens is 342 g/mol. The van der Waals surface area contributed by atoms with E-state index in [0.717, 1.165) is 16.9 Å². The van der Waals surface area contributed by atoms with Crippen molar-refractivity contribution in [2.75, 3.05) is 6.61 Å². The van der Waals surface area contributed by atoms with Crippen molar-refractivity contribution < 1.29 is 14.1 Å². The van der Waals surface area contributed by atoms with Gasteiger partial charge in [-0.3, -0.25) is 4.79 Å². The van der Waals surface area contributed by atoms with Crippen LogP contribution in [0.1, 0.15) is 37.3 Å². The Bertz CT molecular complexity index is 923. The highest BCUT2D eigenvalue weighted by Gasteiger charge is 2.36. The molecule has 1 aliphatic heterocycles. The molecule has 1 aliphatic rings. The Morgan fingerprint density at radius 2 is 1.93 bits per heavy atom. The van der Waals surface area contributed by atoms with Crippen molar-refractivity contribution in [3.8, 4) is 17.1 Å². The van der Waals surface area contributed by atoms with Crippen LogP contribution < -0.4 is 4.74 Å². The number of likely N-dealkylation sites (tertiary alicyclic amines) is 1. The highest BCUT2D eigenvalue weighted by atomic mass is 16.5. The Balaban J connectivity index is 1.60. The third-order valence-corrected chi connectivity index (χ3v) is 4.68. The molecule has 4 rings (SSSR count). The van der Waals surface area contributed by atoms with Crippen LogP contribution >= 0.6 is 0 Å². The van der Waals surface area contributed by atoms with E-state index in [1.807, 2.05) is 66.4 Å². The van der Waals surface area contributed by atoms with Gasteiger partial charge in [-0.05, 0) is 31.0 Å². The monoisotopic (exact) mass is 363 g/mol. The van der Waals surface area contributed by atoms with Crippen molar-refractivity contribution >= 4 is 5.91 Å². The summed E-state index contributed by atoms with van der Waals surface area (Å²) in [4.78, 5) is 18.8. The number of nitrogens with zero attached hydrogens (tertiary/aromatic N) is 3. The van der Waals surface area contributed by atoms with Crippen LogP contribution in [-0.4, -0.2) is 27.6 Å². The predicted molar refractivity (Wildman–Crippen MR) is 99.9 cm³/mol. The smallest absolute Gasteiger partial charge is 0.249 e. The van der Waals surface area contributed by atoms with Crippen molar-refractivity contribution in [1.82, 2.24) is 15.0 Å². The highest BCUT2D eigenvalue weighted by molar-refractivity contribution is 5.79. The summed E-state index contributed by atoms with van der Waals surface area (Å²) in [6.07, 6.45) is 1.17. The van der Waals surface area contributed by atoms with E-state index >= 15 is 0 Å². The maximum Gasteiger partial charge on any atom is 0.249 e. The van der Waals surface area contributed by atoms with E-state index < -0.39 is 0 Å². The molecule has 27 heavy (non-hydrogen) atoms. The molecule has 1 unspecified atom stereocenters. The molecule has 0 N–H and O–H groups in total. The van der Waals surface area contributed by atoms with Crippen molar-refractivity contribution in [1.29, 1.82) is 0 Å². The minimum atomic E-state index is -0.196. The van der Waals surface area contributed by atoms with Crippen molar-refractivity contribution in [3.05, 3.63) is 66.1 Å². The molecular formula is C21H21N3O3. The molecule has 1 aromatic heterocycles. The van der Waals surface area contributed by atoms with Crippen LogP contribution in [0, 0.1) is 0 Å². The molecule has 0 spiro atoms. The molecule has 1 fully saturated rings. The van der Waals surface area contributed by atoms with Gasteiger partial charge in [0, 0.05) is 13.0 Å². The van der Waals surface area contributed by atoms with Gasteiger partial charge in [-0.2, -0.15) is 4.98 Å². The quantitative estimate of drug-likeness (QED) is 0.662. The lowest BCUT2D eigenvalue weighted by molar-refractivity contribution is -0.129. The van der Waals surface area contributed by atoms with E-state index in [9.17, 15) is 4.79 Å². The van der Waals surface area contributed by atoms with Crippen molar-refractivity contribution in [3.63, 3.8) is 0 Å². The van der Waals surface area contributed by atoms with E-state index in [2.05, 4.69) is 10.1 Å². The van der Waals surface area contributed by atoms with Gasteiger partial charge in [-0.25, -0.2) is 0 Å². The topological polar surface area (TPSA) is 68.5 Å². The van der Waals surface area contributed by atoms with Crippen LogP contribution in [0.5, 0.6) is 5.75 Å². The summed E-state index contributed by atoms with van der Waals surface area (Å²) in [5, 5.41) is 4.14. The van der Waals surface area contributed by atoms with Gasteiger partial charge in [0.1, 0.15) is 11.8 Å². The standard InChI is InChI=1S/C21H21N3O3/c1-2-26-18-11-7-6-10-16(18)20-22-21(27-23-20)17-12-13-19(25)24(17)14-15-8-4-3-5-9-15/h3-11,17H,2,12-14H2,1H3. The number of amides is 1. The van der Waals surface area contributed by atoms with Crippen molar-refractivity contribution in [2.45, 2.75) is 32.4 Å². The van der Waals surface area contributed by atoms with Gasteiger partial charge in [-0.15, -0.1) is 0 Å². The minimum absolute atomic E-state index is 0.110. The molecule has 1 atom stereocenters. The Labute approximate surface area is 157 Å². The van der Waals surface area contributed by atoms with Gasteiger partial charge < -0.3 is 14.2 Å². The number of benzene rings is 2. The fraction of sp³-hybridized carbons (Fsp3) is 0.286. The van der Waals surface area contributed by atoms with Gasteiger partial charge in [0.15, 0.2) is 0 Å². The summed E-state index contributed by atoms with van der Waals surface area (Å²) < 4.78 is 11.2. The molecule has 2 heterocycles. The fourth-order valence-electron chi connectivity index (χ4n) is 3.38. The zero-order valence-electron chi connectivity index (χ0n) is 15.2. The summed E-state index contributed by atoms with van der Waals surface area (Å²) >= 11 is 0. The average molecular weight is 363 g/mol. The number of rotatable bonds is 6. The summed E-state index contributed by atoms with van der Waals surface area (Å²) in [6.45, 7) is 3.03. The largest absolute Gasteiger partial charge is 0.493 e. The van der Waals surface area contributed by atoms with Crippen LogP contribution in [0.3, 0.4) is 0 Å². The zero-order chi connectivity index (χ0) is 18.6. The Morgan fingerprint density at radius 3 is 2.74 bits per heavy atom. The molecule has 0 bridgehead atoms. The summed E-state index contributed by atoms with van der Waals surface area (Å²) in [5.74, 6) is 1.78. The van der Waals surface area contributed by atoms with Gasteiger partial charge in [0.2, 0.25) is 17.6 Å². The molecule has 0 saturated carbocycles. The van der Waals surface area contributed by atoms with E-state index in [4.69, 9.17) is 9.26 Å². The number of carbonyl (C=O) groups is 1. The van der Waals surface area contributed by atoms with E-state index in [-0.39, 0.29) is 11.9 Å². The number of para-hydroxylation sites is 1. The lowest BCUT2D eigenvalue weighted by Gasteiger charge is -2.22. The van der Waals surface area contributed by atoms with Crippen LogP contribution in [0.2, 0.25) is 0 Å². The minimum Gasteiger partial charge on any atom is -0.493 e. The average Bonchev–Trinajstić information content (AvgIpc) is 3.31. The van der Waals surface area contributed by atoms with E-state index in [1.165, 1.54) is 0 Å². The molecule has 0 radical (unpaired) electrons. The Morgan fingerprint density at radius 1 is 1.15 bits per heavy atom. The first kappa shape index (κ1) is 17.3. The predicted octanol–water partition coefficient (Wildman–Crippen LogP) is 4.00. The second-order valence-electron chi connectivity index (χ2n) is 6.45. The Hall–Kier alpha value is -3.15. The molecule has 138 valence electrons. The first-order valence-corrected chi connectivity index (χ1v) is 9.15. The lowest BCUT2D eigenvalue weighted by atomic mass is 10.1. The second kappa shape index (κ2) is 7.61. The number of hydrogen-bond donors (Lipinski definition) is 0. The summed E-state index contributed by atoms with van der Waals surface area (Å²) in [5.41, 5.74) is 1.87. The molecule has 3 aromatic rings.